The molecule has 5 nitrogen and oxygen atoms in total. The van der Waals surface area contributed by atoms with Crippen molar-refractivity contribution in [3.63, 3.8) is 0 Å². The summed E-state index contributed by atoms with van der Waals surface area (Å²) in [4.78, 5) is 2.45. The number of hydrogen-bond donors (Lipinski definition) is 2. The molecular formula is C14H22N2O3S. The lowest BCUT2D eigenvalue weighted by molar-refractivity contribution is 0.199. The summed E-state index contributed by atoms with van der Waals surface area (Å²) in [6.45, 7) is 4.09. The minimum Gasteiger partial charge on any atom is -0.389 e. The standard InChI is InChI=1S/C14H22N2O3S/c1-11(17)13-3-5-14(6-4-13)20(18,19)15-9-12-7-8-16(2)10-12/h3-6,11-12,15,17H,7-10H2,1-2H3. The van der Waals surface area contributed by atoms with Crippen LogP contribution in [-0.4, -0.2) is 45.1 Å². The van der Waals surface area contributed by atoms with Crippen molar-refractivity contribution >= 4 is 10.0 Å². The Morgan fingerprint density at radius 2 is 2.05 bits per heavy atom. The average Bonchev–Trinajstić information content (AvgIpc) is 2.82. The molecule has 0 aromatic heterocycles. The normalized spacial score (nSPS) is 22.1. The Hall–Kier alpha value is -0.950. The topological polar surface area (TPSA) is 69.6 Å². The first-order chi connectivity index (χ1) is 9.38. The number of nitrogens with one attached hydrogen (secondary N) is 1. The van der Waals surface area contributed by atoms with Crippen LogP contribution in [0.5, 0.6) is 0 Å². The van der Waals surface area contributed by atoms with E-state index in [4.69, 9.17) is 0 Å². The largest absolute Gasteiger partial charge is 0.389 e. The molecule has 0 aliphatic carbocycles. The fourth-order valence-corrected chi connectivity index (χ4v) is 3.55. The SMILES string of the molecule is CC(O)c1ccc(S(=O)(=O)NCC2CCN(C)C2)cc1. The molecule has 0 saturated carbocycles. The predicted octanol–water partition coefficient (Wildman–Crippen LogP) is 0.970. The van der Waals surface area contributed by atoms with Gasteiger partial charge in [-0.05, 0) is 50.6 Å². The lowest BCUT2D eigenvalue weighted by Crippen LogP contribution is -2.30. The van der Waals surface area contributed by atoms with Gasteiger partial charge < -0.3 is 10.0 Å². The number of aliphatic hydroxyl groups excluding tert-OH is 1. The van der Waals surface area contributed by atoms with Gasteiger partial charge in [-0.15, -0.1) is 0 Å². The summed E-state index contributed by atoms with van der Waals surface area (Å²) in [5.74, 6) is 0.381. The second-order valence-corrected chi connectivity index (χ2v) is 7.28. The zero-order valence-electron chi connectivity index (χ0n) is 11.9. The Bertz CT molecular complexity index is 540. The lowest BCUT2D eigenvalue weighted by Gasteiger charge is -2.12. The van der Waals surface area contributed by atoms with Crippen molar-refractivity contribution in [2.75, 3.05) is 26.7 Å². The molecule has 2 N–H and O–H groups in total. The van der Waals surface area contributed by atoms with Gasteiger partial charge in [-0.3, -0.25) is 0 Å². The van der Waals surface area contributed by atoms with Gasteiger partial charge in [0.25, 0.3) is 0 Å². The highest BCUT2D eigenvalue weighted by Gasteiger charge is 2.22. The number of rotatable bonds is 5. The van der Waals surface area contributed by atoms with Gasteiger partial charge >= 0.3 is 0 Å². The first-order valence-electron chi connectivity index (χ1n) is 6.85. The number of nitrogens with zero attached hydrogens (tertiary/aromatic N) is 1. The smallest absolute Gasteiger partial charge is 0.240 e. The van der Waals surface area contributed by atoms with Gasteiger partial charge in [0.15, 0.2) is 0 Å². The highest BCUT2D eigenvalue weighted by atomic mass is 32.2. The van der Waals surface area contributed by atoms with Crippen molar-refractivity contribution in [3.05, 3.63) is 29.8 Å². The molecule has 6 heteroatoms. The van der Waals surface area contributed by atoms with E-state index in [1.54, 1.807) is 19.1 Å². The molecule has 1 aromatic rings. The summed E-state index contributed by atoms with van der Waals surface area (Å²) < 4.78 is 27.0. The summed E-state index contributed by atoms with van der Waals surface area (Å²) in [5.41, 5.74) is 0.710. The van der Waals surface area contributed by atoms with Crippen molar-refractivity contribution in [2.24, 2.45) is 5.92 Å². The molecule has 0 spiro atoms. The molecule has 0 radical (unpaired) electrons. The molecule has 1 saturated heterocycles. The maximum absolute atomic E-state index is 12.2. The summed E-state index contributed by atoms with van der Waals surface area (Å²) in [7, 11) is -1.41. The predicted molar refractivity (Wildman–Crippen MR) is 77.9 cm³/mol. The Kier molecular flexibility index (Phi) is 4.80. The number of hydrogen-bond acceptors (Lipinski definition) is 4. The van der Waals surface area contributed by atoms with Crippen molar-refractivity contribution in [3.8, 4) is 0 Å². The molecule has 2 atom stereocenters. The van der Waals surface area contributed by atoms with E-state index < -0.39 is 16.1 Å². The molecule has 1 aromatic carbocycles. The van der Waals surface area contributed by atoms with Crippen molar-refractivity contribution < 1.29 is 13.5 Å². The van der Waals surface area contributed by atoms with Crippen LogP contribution in [0.15, 0.2) is 29.2 Å². The van der Waals surface area contributed by atoms with Crippen LogP contribution >= 0.6 is 0 Å². The van der Waals surface area contributed by atoms with Crippen LogP contribution in [0.3, 0.4) is 0 Å². The maximum atomic E-state index is 12.2. The maximum Gasteiger partial charge on any atom is 0.240 e. The number of benzene rings is 1. The number of aliphatic hydroxyl groups is 1. The molecule has 112 valence electrons. The van der Waals surface area contributed by atoms with E-state index in [1.165, 1.54) is 12.1 Å². The highest BCUT2D eigenvalue weighted by molar-refractivity contribution is 7.89. The van der Waals surface area contributed by atoms with Crippen molar-refractivity contribution in [1.29, 1.82) is 0 Å². The van der Waals surface area contributed by atoms with Crippen LogP contribution in [0.2, 0.25) is 0 Å². The Balaban J connectivity index is 1.99. The molecular weight excluding hydrogens is 276 g/mol. The third-order valence-electron chi connectivity index (χ3n) is 3.72. The first-order valence-corrected chi connectivity index (χ1v) is 8.33. The average molecular weight is 298 g/mol. The van der Waals surface area contributed by atoms with E-state index in [1.807, 2.05) is 7.05 Å². The van der Waals surface area contributed by atoms with Crippen molar-refractivity contribution in [1.82, 2.24) is 9.62 Å². The van der Waals surface area contributed by atoms with Crippen LogP contribution < -0.4 is 4.72 Å². The minimum absolute atomic E-state index is 0.244. The molecule has 0 bridgehead atoms. The zero-order chi connectivity index (χ0) is 14.8. The van der Waals surface area contributed by atoms with E-state index in [-0.39, 0.29) is 4.90 Å². The quantitative estimate of drug-likeness (QED) is 0.850. The second-order valence-electron chi connectivity index (χ2n) is 5.51. The van der Waals surface area contributed by atoms with Gasteiger partial charge in [-0.2, -0.15) is 0 Å². The zero-order valence-corrected chi connectivity index (χ0v) is 12.7. The van der Waals surface area contributed by atoms with Gasteiger partial charge in [0.05, 0.1) is 11.0 Å². The van der Waals surface area contributed by atoms with Crippen LogP contribution in [0, 0.1) is 5.92 Å². The van der Waals surface area contributed by atoms with E-state index >= 15 is 0 Å². The van der Waals surface area contributed by atoms with Gasteiger partial charge in [-0.25, -0.2) is 13.1 Å². The van der Waals surface area contributed by atoms with Gasteiger partial charge in [0.1, 0.15) is 0 Å². The first kappa shape index (κ1) is 15.4. The van der Waals surface area contributed by atoms with E-state index in [2.05, 4.69) is 9.62 Å². The lowest BCUT2D eigenvalue weighted by atomic mass is 10.1. The fourth-order valence-electron chi connectivity index (χ4n) is 2.43. The highest BCUT2D eigenvalue weighted by Crippen LogP contribution is 2.17. The summed E-state index contributed by atoms with van der Waals surface area (Å²) >= 11 is 0. The van der Waals surface area contributed by atoms with Gasteiger partial charge in [0, 0.05) is 13.1 Å². The molecule has 1 aliphatic rings. The molecule has 2 unspecified atom stereocenters. The van der Waals surface area contributed by atoms with E-state index in [0.29, 0.717) is 18.0 Å². The monoisotopic (exact) mass is 298 g/mol. The minimum atomic E-state index is -3.46. The van der Waals surface area contributed by atoms with Crippen LogP contribution in [0.1, 0.15) is 25.0 Å². The Labute approximate surface area is 120 Å². The molecule has 1 heterocycles. The Morgan fingerprint density at radius 1 is 1.40 bits per heavy atom. The third-order valence-corrected chi connectivity index (χ3v) is 5.16. The summed E-state index contributed by atoms with van der Waals surface area (Å²) in [6, 6.07) is 6.35. The molecule has 1 fully saturated rings. The fraction of sp³-hybridized carbons (Fsp3) is 0.571. The molecule has 1 aliphatic heterocycles. The number of sulfonamides is 1. The van der Waals surface area contributed by atoms with Gasteiger partial charge in [-0.1, -0.05) is 12.1 Å². The van der Waals surface area contributed by atoms with E-state index in [9.17, 15) is 13.5 Å². The molecule has 0 amide bonds. The summed E-state index contributed by atoms with van der Waals surface area (Å²) in [6.07, 6.45) is 0.439. The summed E-state index contributed by atoms with van der Waals surface area (Å²) in [5, 5.41) is 9.42. The molecule has 20 heavy (non-hydrogen) atoms. The second kappa shape index (κ2) is 6.22. The van der Waals surface area contributed by atoms with E-state index in [0.717, 1.165) is 19.5 Å². The van der Waals surface area contributed by atoms with Crippen LogP contribution in [0.25, 0.3) is 0 Å². The third kappa shape index (κ3) is 3.79. The van der Waals surface area contributed by atoms with Crippen LogP contribution in [0.4, 0.5) is 0 Å². The van der Waals surface area contributed by atoms with Crippen molar-refractivity contribution in [2.45, 2.75) is 24.3 Å². The molecule has 2 rings (SSSR count). The number of likely N-dealkylation sites (tertiary alicyclic amines) is 1. The Morgan fingerprint density at radius 3 is 2.55 bits per heavy atom. The van der Waals surface area contributed by atoms with Gasteiger partial charge in [0.2, 0.25) is 10.0 Å². The van der Waals surface area contributed by atoms with Crippen LogP contribution in [-0.2, 0) is 10.0 Å².